The van der Waals surface area contributed by atoms with Crippen LogP contribution in [0.4, 0.5) is 5.69 Å². The Hall–Kier alpha value is -1.84. The predicted molar refractivity (Wildman–Crippen MR) is 63.0 cm³/mol. The first kappa shape index (κ1) is 10.3. The number of fused-ring (bicyclic) bond motifs is 1. The number of rotatable bonds is 2. The van der Waals surface area contributed by atoms with Gasteiger partial charge in [0.2, 0.25) is 11.8 Å². The van der Waals surface area contributed by atoms with Crippen molar-refractivity contribution >= 4 is 17.5 Å². The Labute approximate surface area is 99.4 Å². The van der Waals surface area contributed by atoms with E-state index in [1.54, 1.807) is 12.1 Å². The summed E-state index contributed by atoms with van der Waals surface area (Å²) in [6.45, 7) is 2.29. The van der Waals surface area contributed by atoms with E-state index in [4.69, 9.17) is 5.73 Å². The predicted octanol–water partition coefficient (Wildman–Crippen LogP) is 0.915. The summed E-state index contributed by atoms with van der Waals surface area (Å²) in [7, 11) is 0. The second-order valence-corrected chi connectivity index (χ2v) is 4.74. The number of nitrogen functional groups attached to an aromatic ring is 1. The van der Waals surface area contributed by atoms with Gasteiger partial charge in [-0.15, -0.1) is 0 Å². The number of hydrogen-bond acceptors (Lipinski definition) is 3. The van der Waals surface area contributed by atoms with E-state index in [1.165, 1.54) is 4.90 Å². The first-order valence-electron chi connectivity index (χ1n) is 5.83. The van der Waals surface area contributed by atoms with Crippen LogP contribution in [0.2, 0.25) is 0 Å². The van der Waals surface area contributed by atoms with Crippen molar-refractivity contribution in [2.45, 2.75) is 18.8 Å². The summed E-state index contributed by atoms with van der Waals surface area (Å²) in [5.74, 6) is -0.201. The van der Waals surface area contributed by atoms with E-state index in [-0.39, 0.29) is 17.7 Å². The van der Waals surface area contributed by atoms with Crippen molar-refractivity contribution in [1.82, 2.24) is 4.90 Å². The molecule has 88 valence electrons. The molecule has 4 heteroatoms. The van der Waals surface area contributed by atoms with Crippen molar-refractivity contribution < 1.29 is 9.59 Å². The Morgan fingerprint density at radius 3 is 2.53 bits per heavy atom. The molecule has 0 aromatic heterocycles. The lowest BCUT2D eigenvalue weighted by Crippen LogP contribution is -2.36. The lowest BCUT2D eigenvalue weighted by molar-refractivity contribution is -0.141. The maximum atomic E-state index is 12.3. The largest absolute Gasteiger partial charge is 0.399 e. The quantitative estimate of drug-likeness (QED) is 0.607. The number of nitrogens with zero attached hydrogens (tertiary/aromatic N) is 1. The normalized spacial score (nSPS) is 30.6. The average molecular weight is 230 g/mol. The Kier molecular flexibility index (Phi) is 1.88. The van der Waals surface area contributed by atoms with Gasteiger partial charge in [0, 0.05) is 12.2 Å². The number of anilines is 1. The van der Waals surface area contributed by atoms with Gasteiger partial charge in [0.1, 0.15) is 0 Å². The summed E-state index contributed by atoms with van der Waals surface area (Å²) < 4.78 is 0. The summed E-state index contributed by atoms with van der Waals surface area (Å²) in [6.07, 6.45) is 0.658. The molecule has 2 atom stereocenters. The molecule has 3 rings (SSSR count). The first-order valence-corrected chi connectivity index (χ1v) is 5.83. The molecular formula is C13H14N2O2. The molecule has 2 N–H and O–H groups in total. The van der Waals surface area contributed by atoms with Gasteiger partial charge in [-0.3, -0.25) is 14.5 Å². The molecule has 0 bridgehead atoms. The monoisotopic (exact) mass is 230 g/mol. The number of benzene rings is 1. The Morgan fingerprint density at radius 1 is 1.35 bits per heavy atom. The highest BCUT2D eigenvalue weighted by Gasteiger charge is 2.71. The molecule has 1 aliphatic heterocycles. The van der Waals surface area contributed by atoms with Gasteiger partial charge in [0.25, 0.3) is 0 Å². The summed E-state index contributed by atoms with van der Waals surface area (Å²) in [5.41, 5.74) is 6.66. The average Bonchev–Trinajstić information content (AvgIpc) is 3.02. The zero-order chi connectivity index (χ0) is 12.2. The summed E-state index contributed by atoms with van der Waals surface area (Å²) in [6, 6.07) is 7.29. The zero-order valence-corrected chi connectivity index (χ0v) is 9.64. The van der Waals surface area contributed by atoms with Gasteiger partial charge in [-0.05, 0) is 31.0 Å². The van der Waals surface area contributed by atoms with E-state index in [9.17, 15) is 9.59 Å². The molecule has 0 radical (unpaired) electrons. The molecule has 2 fully saturated rings. The minimum Gasteiger partial charge on any atom is -0.399 e. The van der Waals surface area contributed by atoms with Crippen LogP contribution in [0, 0.1) is 5.92 Å². The lowest BCUT2D eigenvalue weighted by atomic mass is 9.94. The molecule has 1 aliphatic carbocycles. The van der Waals surface area contributed by atoms with Crippen molar-refractivity contribution in [2.24, 2.45) is 5.92 Å². The van der Waals surface area contributed by atoms with E-state index in [2.05, 4.69) is 0 Å². The lowest BCUT2D eigenvalue weighted by Gasteiger charge is -2.17. The van der Waals surface area contributed by atoms with E-state index in [0.717, 1.165) is 5.56 Å². The topological polar surface area (TPSA) is 63.4 Å². The second kappa shape index (κ2) is 3.09. The van der Waals surface area contributed by atoms with Crippen molar-refractivity contribution in [2.75, 3.05) is 12.3 Å². The number of carbonyl (C=O) groups excluding carboxylic acids is 2. The third-order valence-electron chi connectivity index (χ3n) is 3.89. The summed E-state index contributed by atoms with van der Waals surface area (Å²) >= 11 is 0. The minimum absolute atomic E-state index is 0.0191. The molecule has 4 nitrogen and oxygen atoms in total. The fraction of sp³-hybridized carbons (Fsp3) is 0.385. The van der Waals surface area contributed by atoms with Crippen molar-refractivity contribution in [3.8, 4) is 0 Å². The standard InChI is InChI=1S/C13H14N2O2/c1-2-15-11(16)10-7-13(10,12(15)17)8-3-5-9(14)6-4-8/h3-6,10H,2,7,14H2,1H3. The first-order chi connectivity index (χ1) is 8.11. The molecule has 2 aliphatic rings. The van der Waals surface area contributed by atoms with Gasteiger partial charge in [0.05, 0.1) is 11.3 Å². The molecule has 2 unspecified atom stereocenters. The molecule has 1 heterocycles. The fourth-order valence-electron chi connectivity index (χ4n) is 2.85. The second-order valence-electron chi connectivity index (χ2n) is 4.74. The SMILES string of the molecule is CCN1C(=O)C2CC2(c2ccc(N)cc2)C1=O. The van der Waals surface area contributed by atoms with Crippen LogP contribution in [0.5, 0.6) is 0 Å². The van der Waals surface area contributed by atoms with Gasteiger partial charge in [0.15, 0.2) is 0 Å². The van der Waals surface area contributed by atoms with Gasteiger partial charge in [-0.1, -0.05) is 12.1 Å². The third kappa shape index (κ3) is 1.12. The highest BCUT2D eigenvalue weighted by Crippen LogP contribution is 2.60. The fourth-order valence-corrected chi connectivity index (χ4v) is 2.85. The van der Waals surface area contributed by atoms with Crippen molar-refractivity contribution in [1.29, 1.82) is 0 Å². The number of likely N-dealkylation sites (tertiary alicyclic amines) is 1. The molecule has 1 saturated carbocycles. The van der Waals surface area contributed by atoms with Crippen LogP contribution in [-0.4, -0.2) is 23.3 Å². The van der Waals surface area contributed by atoms with Gasteiger partial charge < -0.3 is 5.73 Å². The van der Waals surface area contributed by atoms with E-state index in [0.29, 0.717) is 18.7 Å². The zero-order valence-electron chi connectivity index (χ0n) is 9.64. The van der Waals surface area contributed by atoms with Crippen LogP contribution in [0.3, 0.4) is 0 Å². The number of nitrogens with two attached hydrogens (primary N) is 1. The number of piperidine rings is 1. The summed E-state index contributed by atoms with van der Waals surface area (Å²) in [4.78, 5) is 25.5. The molecule has 2 amide bonds. The van der Waals surface area contributed by atoms with Crippen LogP contribution >= 0.6 is 0 Å². The van der Waals surface area contributed by atoms with E-state index >= 15 is 0 Å². The van der Waals surface area contributed by atoms with Crippen LogP contribution in [0.25, 0.3) is 0 Å². The van der Waals surface area contributed by atoms with Crippen LogP contribution < -0.4 is 5.73 Å². The molecular weight excluding hydrogens is 216 g/mol. The maximum Gasteiger partial charge on any atom is 0.240 e. The maximum absolute atomic E-state index is 12.3. The van der Waals surface area contributed by atoms with Gasteiger partial charge in [-0.25, -0.2) is 0 Å². The number of carbonyl (C=O) groups is 2. The van der Waals surface area contributed by atoms with E-state index < -0.39 is 5.41 Å². The molecule has 0 spiro atoms. The number of likely N-dealkylation sites (N-methyl/N-ethyl adjacent to an activating group) is 1. The van der Waals surface area contributed by atoms with Gasteiger partial charge >= 0.3 is 0 Å². The highest BCUT2D eigenvalue weighted by atomic mass is 16.2. The molecule has 1 aromatic carbocycles. The minimum atomic E-state index is -0.569. The van der Waals surface area contributed by atoms with Crippen LogP contribution in [0.1, 0.15) is 18.9 Å². The number of amides is 2. The van der Waals surface area contributed by atoms with Crippen molar-refractivity contribution in [3.63, 3.8) is 0 Å². The number of imide groups is 1. The molecule has 1 aromatic rings. The van der Waals surface area contributed by atoms with Crippen LogP contribution in [-0.2, 0) is 15.0 Å². The van der Waals surface area contributed by atoms with E-state index in [1.807, 2.05) is 19.1 Å². The molecule has 1 saturated heterocycles. The number of hydrogen-bond donors (Lipinski definition) is 1. The Morgan fingerprint density at radius 2 is 2.00 bits per heavy atom. The Bertz CT molecular complexity index is 509. The van der Waals surface area contributed by atoms with Gasteiger partial charge in [-0.2, -0.15) is 0 Å². The third-order valence-corrected chi connectivity index (χ3v) is 3.89. The highest BCUT2D eigenvalue weighted by molar-refractivity contribution is 6.15. The summed E-state index contributed by atoms with van der Waals surface area (Å²) in [5, 5.41) is 0. The van der Waals surface area contributed by atoms with Crippen LogP contribution in [0.15, 0.2) is 24.3 Å². The van der Waals surface area contributed by atoms with Crippen molar-refractivity contribution in [3.05, 3.63) is 29.8 Å². The molecule has 17 heavy (non-hydrogen) atoms. The smallest absolute Gasteiger partial charge is 0.240 e. The Balaban J connectivity index is 2.03.